The Labute approximate surface area is 213 Å². The zero-order chi connectivity index (χ0) is 26.0. The maximum absolute atomic E-state index is 13.9. The maximum Gasteiger partial charge on any atom is 0.244 e. The minimum Gasteiger partial charge on any atom is -0.493 e. The Morgan fingerprint density at radius 1 is 1.06 bits per heavy atom. The van der Waals surface area contributed by atoms with Crippen molar-refractivity contribution in [1.29, 1.82) is 0 Å². The molecule has 0 saturated carbocycles. The molecule has 192 valence electrons. The van der Waals surface area contributed by atoms with E-state index in [2.05, 4.69) is 0 Å². The fraction of sp³-hybridized carbons (Fsp3) is 0.393. The summed E-state index contributed by atoms with van der Waals surface area (Å²) in [5.74, 6) is 1.11. The van der Waals surface area contributed by atoms with Gasteiger partial charge < -0.3 is 14.4 Å². The lowest BCUT2D eigenvalue weighted by Crippen LogP contribution is -2.47. The van der Waals surface area contributed by atoms with Crippen molar-refractivity contribution in [2.24, 2.45) is 5.92 Å². The van der Waals surface area contributed by atoms with E-state index in [0.717, 1.165) is 16.5 Å². The van der Waals surface area contributed by atoms with E-state index in [0.29, 0.717) is 29.9 Å². The Kier molecular flexibility index (Phi) is 7.57. The van der Waals surface area contributed by atoms with Gasteiger partial charge in [0.15, 0.2) is 11.5 Å². The number of carbonyl (C=O) groups is 1. The minimum absolute atomic E-state index is 0.0544. The molecule has 1 unspecified atom stereocenters. The van der Waals surface area contributed by atoms with E-state index in [1.54, 1.807) is 31.3 Å². The van der Waals surface area contributed by atoms with Gasteiger partial charge >= 0.3 is 0 Å². The number of fused-ring (bicyclic) bond motifs is 2. The van der Waals surface area contributed by atoms with Crippen LogP contribution in [-0.2, 0) is 21.2 Å². The number of benzene rings is 3. The second kappa shape index (κ2) is 10.5. The van der Waals surface area contributed by atoms with Crippen LogP contribution in [0.1, 0.15) is 37.9 Å². The third-order valence-corrected chi connectivity index (χ3v) is 8.62. The number of hydrogen-bond acceptors (Lipinski definition) is 5. The number of ether oxygens (including phenoxy) is 2. The first kappa shape index (κ1) is 26.0. The number of methoxy groups -OCH3 is 2. The zero-order valence-electron chi connectivity index (χ0n) is 21.5. The lowest BCUT2D eigenvalue weighted by atomic mass is 9.92. The minimum atomic E-state index is -3.90. The first-order chi connectivity index (χ1) is 17.2. The van der Waals surface area contributed by atoms with E-state index >= 15 is 0 Å². The van der Waals surface area contributed by atoms with E-state index in [9.17, 15) is 13.2 Å². The summed E-state index contributed by atoms with van der Waals surface area (Å²) < 4.78 is 39.9. The van der Waals surface area contributed by atoms with Crippen LogP contribution >= 0.6 is 0 Å². The fourth-order valence-electron chi connectivity index (χ4n) is 4.94. The Balaban J connectivity index is 1.64. The number of sulfonamides is 1. The van der Waals surface area contributed by atoms with Gasteiger partial charge in [0.25, 0.3) is 0 Å². The van der Waals surface area contributed by atoms with Crippen LogP contribution in [0, 0.1) is 5.92 Å². The highest BCUT2D eigenvalue weighted by Crippen LogP contribution is 2.38. The van der Waals surface area contributed by atoms with E-state index in [1.165, 1.54) is 4.31 Å². The van der Waals surface area contributed by atoms with E-state index in [4.69, 9.17) is 9.47 Å². The molecular weight excluding hydrogens is 476 g/mol. The van der Waals surface area contributed by atoms with Gasteiger partial charge in [0.05, 0.1) is 31.7 Å². The van der Waals surface area contributed by atoms with Gasteiger partial charge in [-0.25, -0.2) is 8.42 Å². The molecule has 0 aliphatic carbocycles. The Morgan fingerprint density at radius 3 is 2.42 bits per heavy atom. The largest absolute Gasteiger partial charge is 0.493 e. The summed E-state index contributed by atoms with van der Waals surface area (Å²) in [5.41, 5.74) is 2.09. The molecule has 1 heterocycles. The predicted molar refractivity (Wildman–Crippen MR) is 141 cm³/mol. The van der Waals surface area contributed by atoms with Crippen LogP contribution in [0.25, 0.3) is 10.8 Å². The molecule has 0 bridgehead atoms. The van der Waals surface area contributed by atoms with Gasteiger partial charge in [-0.15, -0.1) is 0 Å². The molecule has 3 aromatic rings. The van der Waals surface area contributed by atoms with Gasteiger partial charge in [-0.05, 0) is 54.0 Å². The van der Waals surface area contributed by atoms with E-state index in [-0.39, 0.29) is 35.9 Å². The van der Waals surface area contributed by atoms with Crippen molar-refractivity contribution < 1.29 is 22.7 Å². The van der Waals surface area contributed by atoms with E-state index in [1.807, 2.05) is 63.2 Å². The molecular formula is C28H34N2O5S. The molecule has 1 atom stereocenters. The summed E-state index contributed by atoms with van der Waals surface area (Å²) in [6.45, 7) is 6.42. The quantitative estimate of drug-likeness (QED) is 0.441. The molecule has 1 aliphatic rings. The van der Waals surface area contributed by atoms with Crippen LogP contribution in [0.4, 0.5) is 0 Å². The molecule has 0 spiro atoms. The molecule has 0 radical (unpaired) electrons. The van der Waals surface area contributed by atoms with Gasteiger partial charge in [0.2, 0.25) is 15.9 Å². The van der Waals surface area contributed by atoms with Crippen molar-refractivity contribution in [2.45, 2.75) is 38.1 Å². The summed E-state index contributed by atoms with van der Waals surface area (Å²) in [6, 6.07) is 16.3. The molecule has 4 rings (SSSR count). The Bertz CT molecular complexity index is 1360. The number of rotatable bonds is 8. The van der Waals surface area contributed by atoms with Gasteiger partial charge in [-0.1, -0.05) is 50.2 Å². The van der Waals surface area contributed by atoms with Crippen LogP contribution in [0.3, 0.4) is 0 Å². The molecule has 0 saturated heterocycles. The van der Waals surface area contributed by atoms with Crippen molar-refractivity contribution in [3.63, 3.8) is 0 Å². The highest BCUT2D eigenvalue weighted by molar-refractivity contribution is 7.89. The van der Waals surface area contributed by atoms with Crippen LogP contribution in [0.15, 0.2) is 59.5 Å². The molecule has 1 amide bonds. The van der Waals surface area contributed by atoms with Crippen LogP contribution < -0.4 is 9.47 Å². The van der Waals surface area contributed by atoms with Crippen molar-refractivity contribution in [1.82, 2.24) is 9.21 Å². The summed E-state index contributed by atoms with van der Waals surface area (Å²) in [7, 11) is -0.716. The van der Waals surface area contributed by atoms with Crippen molar-refractivity contribution in [3.05, 3.63) is 65.7 Å². The van der Waals surface area contributed by atoms with Gasteiger partial charge in [-0.3, -0.25) is 4.79 Å². The van der Waals surface area contributed by atoms with Gasteiger partial charge in [0, 0.05) is 18.5 Å². The Hall–Kier alpha value is -3.10. The SMILES string of the molecule is COc1cc2c(cc1OC)C(C)N(C(=O)CN(CC(C)C)S(=O)(=O)c1cccc3ccccc13)CC2. The number of hydrogen-bond donors (Lipinski definition) is 0. The molecule has 0 fully saturated rings. The molecule has 7 nitrogen and oxygen atoms in total. The smallest absolute Gasteiger partial charge is 0.244 e. The lowest BCUT2D eigenvalue weighted by Gasteiger charge is -2.37. The normalized spacial score (nSPS) is 15.9. The molecule has 0 N–H and O–H groups in total. The molecule has 8 heteroatoms. The summed E-state index contributed by atoms with van der Waals surface area (Å²) in [5, 5.41) is 1.50. The fourth-order valence-corrected chi connectivity index (χ4v) is 6.71. The third-order valence-electron chi connectivity index (χ3n) is 6.75. The van der Waals surface area contributed by atoms with E-state index < -0.39 is 10.0 Å². The van der Waals surface area contributed by atoms with Crippen molar-refractivity contribution in [2.75, 3.05) is 33.9 Å². The van der Waals surface area contributed by atoms with Crippen molar-refractivity contribution >= 4 is 26.7 Å². The third kappa shape index (κ3) is 4.92. The summed E-state index contributed by atoms with van der Waals surface area (Å²) in [6.07, 6.45) is 0.659. The lowest BCUT2D eigenvalue weighted by molar-refractivity contribution is -0.134. The van der Waals surface area contributed by atoms with Crippen molar-refractivity contribution in [3.8, 4) is 11.5 Å². The van der Waals surface area contributed by atoms with Gasteiger partial charge in [-0.2, -0.15) is 4.31 Å². The number of amides is 1. The average molecular weight is 511 g/mol. The van der Waals surface area contributed by atoms with Crippen LogP contribution in [-0.4, -0.2) is 57.4 Å². The number of nitrogens with zero attached hydrogens (tertiary/aromatic N) is 2. The second-order valence-electron chi connectivity index (χ2n) is 9.59. The first-order valence-electron chi connectivity index (χ1n) is 12.2. The molecule has 3 aromatic carbocycles. The van der Waals surface area contributed by atoms with Crippen LogP contribution in [0.2, 0.25) is 0 Å². The molecule has 0 aromatic heterocycles. The van der Waals surface area contributed by atoms with Gasteiger partial charge in [0.1, 0.15) is 0 Å². The summed E-state index contributed by atoms with van der Waals surface area (Å²) in [4.78, 5) is 15.6. The average Bonchev–Trinajstić information content (AvgIpc) is 2.87. The Morgan fingerprint density at radius 2 is 1.72 bits per heavy atom. The first-order valence-corrected chi connectivity index (χ1v) is 13.6. The second-order valence-corrected chi connectivity index (χ2v) is 11.5. The summed E-state index contributed by atoms with van der Waals surface area (Å²) >= 11 is 0. The standard InChI is InChI=1S/C28H34N2O5S/c1-19(2)17-29(36(32,33)27-12-8-10-21-9-6-7-11-23(21)27)18-28(31)30-14-13-22-15-25(34-4)26(35-5)16-24(22)20(30)3/h6-12,15-16,19-20H,13-14,17-18H2,1-5H3. The zero-order valence-corrected chi connectivity index (χ0v) is 22.3. The molecule has 36 heavy (non-hydrogen) atoms. The van der Waals surface area contributed by atoms with Crippen LogP contribution in [0.5, 0.6) is 11.5 Å². The highest BCUT2D eigenvalue weighted by Gasteiger charge is 2.34. The maximum atomic E-state index is 13.9. The highest BCUT2D eigenvalue weighted by atomic mass is 32.2. The molecule has 1 aliphatic heterocycles. The monoisotopic (exact) mass is 510 g/mol. The topological polar surface area (TPSA) is 76.2 Å². The number of carbonyl (C=O) groups excluding carboxylic acids is 1. The predicted octanol–water partition coefficient (Wildman–Crippen LogP) is 4.65.